The van der Waals surface area contributed by atoms with E-state index in [4.69, 9.17) is 0 Å². The Hall–Kier alpha value is 0.870. The van der Waals surface area contributed by atoms with Gasteiger partial charge in [0.25, 0.3) is 0 Å². The summed E-state index contributed by atoms with van der Waals surface area (Å²) in [6.07, 6.45) is 2.69. The molecule has 0 radical (unpaired) electrons. The Morgan fingerprint density at radius 2 is 1.82 bits per heavy atom. The van der Waals surface area contributed by atoms with E-state index in [1.807, 2.05) is 6.92 Å². The third kappa shape index (κ3) is 5.16. The molecule has 6 heteroatoms. The molecular formula is C5H11Br2NO2S. The molecule has 0 aromatic rings. The molecule has 0 aromatic heterocycles. The van der Waals surface area contributed by atoms with Crippen molar-refractivity contribution < 1.29 is 8.42 Å². The zero-order valence-electron chi connectivity index (χ0n) is 6.26. The summed E-state index contributed by atoms with van der Waals surface area (Å²) >= 11 is 5.62. The van der Waals surface area contributed by atoms with Crippen LogP contribution in [0.15, 0.2) is 0 Å². The molecule has 0 aromatic carbocycles. The summed E-state index contributed by atoms with van der Waals surface area (Å²) in [5, 5.41) is 0. The van der Waals surface area contributed by atoms with Crippen LogP contribution < -0.4 is 0 Å². The van der Waals surface area contributed by atoms with Crippen molar-refractivity contribution >= 4 is 42.3 Å². The first-order valence-corrected chi connectivity index (χ1v) is 6.38. The van der Waals surface area contributed by atoms with Crippen LogP contribution in [0.4, 0.5) is 0 Å². The number of unbranched alkanes of at least 4 members (excludes halogenated alkanes) is 2. The van der Waals surface area contributed by atoms with Crippen LogP contribution in [0.5, 0.6) is 0 Å². The van der Waals surface area contributed by atoms with E-state index in [2.05, 4.69) is 32.3 Å². The lowest BCUT2D eigenvalue weighted by molar-refractivity contribution is 0.580. The summed E-state index contributed by atoms with van der Waals surface area (Å²) in [4.78, 5) is 0. The molecule has 0 saturated carbocycles. The van der Waals surface area contributed by atoms with Gasteiger partial charge in [0.1, 0.15) is 0 Å². The lowest BCUT2D eigenvalue weighted by Crippen LogP contribution is -2.15. The van der Waals surface area contributed by atoms with E-state index in [9.17, 15) is 8.42 Å². The monoisotopic (exact) mass is 307 g/mol. The Morgan fingerprint density at radius 1 is 1.27 bits per heavy atom. The van der Waals surface area contributed by atoms with Gasteiger partial charge < -0.3 is 0 Å². The first-order valence-electron chi connectivity index (χ1n) is 3.35. The van der Waals surface area contributed by atoms with Crippen LogP contribution in [0.2, 0.25) is 0 Å². The van der Waals surface area contributed by atoms with E-state index in [-0.39, 0.29) is 5.75 Å². The Balaban J connectivity index is 3.75. The third-order valence-electron chi connectivity index (χ3n) is 1.22. The van der Waals surface area contributed by atoms with Crippen LogP contribution in [0.3, 0.4) is 0 Å². The molecule has 11 heavy (non-hydrogen) atoms. The number of sulfonamides is 1. The predicted octanol–water partition coefficient (Wildman–Crippen LogP) is 2.43. The fourth-order valence-corrected chi connectivity index (χ4v) is 2.18. The molecule has 68 valence electrons. The molecule has 0 aliphatic rings. The second kappa shape index (κ2) is 5.50. The summed E-state index contributed by atoms with van der Waals surface area (Å²) in [5.41, 5.74) is 0. The van der Waals surface area contributed by atoms with Gasteiger partial charge >= 0.3 is 0 Å². The summed E-state index contributed by atoms with van der Waals surface area (Å²) < 4.78 is 23.0. The van der Waals surface area contributed by atoms with Crippen LogP contribution in [0, 0.1) is 0 Å². The van der Waals surface area contributed by atoms with Crippen molar-refractivity contribution in [1.82, 2.24) is 2.36 Å². The zero-order valence-corrected chi connectivity index (χ0v) is 10.2. The molecule has 0 heterocycles. The van der Waals surface area contributed by atoms with Crippen LogP contribution in [-0.2, 0) is 10.0 Å². The maximum Gasteiger partial charge on any atom is 0.233 e. The maximum absolute atomic E-state index is 11.0. The predicted molar refractivity (Wildman–Crippen MR) is 53.0 cm³/mol. The van der Waals surface area contributed by atoms with Gasteiger partial charge in [-0.05, 0) is 6.42 Å². The largest absolute Gasteiger partial charge is 0.233 e. The SMILES string of the molecule is CCCCCS(=O)(=O)N(Br)Br. The smallest absolute Gasteiger partial charge is 0.211 e. The van der Waals surface area contributed by atoms with E-state index in [0.717, 1.165) is 15.2 Å². The maximum atomic E-state index is 11.0. The van der Waals surface area contributed by atoms with Gasteiger partial charge in [0.15, 0.2) is 0 Å². The molecule has 0 spiro atoms. The van der Waals surface area contributed by atoms with Crippen LogP contribution in [-0.4, -0.2) is 16.5 Å². The minimum atomic E-state index is -3.10. The molecule has 0 saturated heterocycles. The Kier molecular flexibility index (Phi) is 5.94. The Morgan fingerprint density at radius 3 is 2.18 bits per heavy atom. The average molecular weight is 309 g/mol. The van der Waals surface area contributed by atoms with Crippen molar-refractivity contribution in [3.8, 4) is 0 Å². The molecule has 0 N–H and O–H groups in total. The van der Waals surface area contributed by atoms with Gasteiger partial charge in [0.05, 0.1) is 5.75 Å². The van der Waals surface area contributed by atoms with Gasteiger partial charge in [-0.15, -0.1) is 0 Å². The Bertz CT molecular complexity index is 191. The van der Waals surface area contributed by atoms with Crippen LogP contribution in [0.25, 0.3) is 0 Å². The average Bonchev–Trinajstić information content (AvgIpc) is 1.88. The summed E-state index contributed by atoms with van der Waals surface area (Å²) in [5.74, 6) is 0.192. The van der Waals surface area contributed by atoms with Crippen molar-refractivity contribution in [3.05, 3.63) is 0 Å². The highest BCUT2D eigenvalue weighted by Gasteiger charge is 2.15. The first-order chi connectivity index (χ1) is 5.00. The summed E-state index contributed by atoms with van der Waals surface area (Å²) in [7, 11) is -3.10. The van der Waals surface area contributed by atoms with Crippen molar-refractivity contribution in [1.29, 1.82) is 0 Å². The lowest BCUT2D eigenvalue weighted by Gasteiger charge is -2.05. The number of hydrogen-bond acceptors (Lipinski definition) is 2. The van der Waals surface area contributed by atoms with Crippen molar-refractivity contribution in [2.45, 2.75) is 26.2 Å². The molecule has 0 amide bonds. The fraction of sp³-hybridized carbons (Fsp3) is 1.00. The van der Waals surface area contributed by atoms with Gasteiger partial charge in [-0.3, -0.25) is 0 Å². The van der Waals surface area contributed by atoms with Gasteiger partial charge in [0.2, 0.25) is 10.0 Å². The first kappa shape index (κ1) is 11.9. The lowest BCUT2D eigenvalue weighted by atomic mass is 10.3. The van der Waals surface area contributed by atoms with E-state index < -0.39 is 10.0 Å². The van der Waals surface area contributed by atoms with Gasteiger partial charge in [-0.25, -0.2) is 8.42 Å². The number of nitrogens with zero attached hydrogens (tertiary/aromatic N) is 1. The minimum absolute atomic E-state index is 0.192. The normalized spacial score (nSPS) is 12.4. The fourth-order valence-electron chi connectivity index (χ4n) is 0.603. The molecule has 0 fully saturated rings. The van der Waals surface area contributed by atoms with Crippen molar-refractivity contribution in [2.75, 3.05) is 5.75 Å². The van der Waals surface area contributed by atoms with Gasteiger partial charge in [-0.1, -0.05) is 22.1 Å². The molecule has 0 rings (SSSR count). The number of hydrogen-bond donors (Lipinski definition) is 0. The van der Waals surface area contributed by atoms with Crippen molar-refractivity contribution in [2.24, 2.45) is 0 Å². The number of halogens is 2. The molecule has 0 bridgehead atoms. The van der Waals surface area contributed by atoms with Crippen LogP contribution in [0.1, 0.15) is 26.2 Å². The van der Waals surface area contributed by atoms with Gasteiger partial charge in [0, 0.05) is 32.3 Å². The summed E-state index contributed by atoms with van der Waals surface area (Å²) in [6, 6.07) is 0. The topological polar surface area (TPSA) is 37.4 Å². The number of rotatable bonds is 5. The quantitative estimate of drug-likeness (QED) is 0.578. The van der Waals surface area contributed by atoms with Crippen molar-refractivity contribution in [3.63, 3.8) is 0 Å². The molecule has 0 aliphatic heterocycles. The van der Waals surface area contributed by atoms with E-state index >= 15 is 0 Å². The molecular weight excluding hydrogens is 298 g/mol. The zero-order chi connectivity index (χ0) is 8.91. The van der Waals surface area contributed by atoms with E-state index in [0.29, 0.717) is 6.42 Å². The van der Waals surface area contributed by atoms with E-state index in [1.165, 1.54) is 0 Å². The van der Waals surface area contributed by atoms with Crippen LogP contribution >= 0.6 is 32.3 Å². The summed E-state index contributed by atoms with van der Waals surface area (Å²) in [6.45, 7) is 2.03. The molecule has 0 atom stereocenters. The standard InChI is InChI=1S/C5H11Br2NO2S/c1-2-3-4-5-11(9,10)8(6)7/h2-5H2,1H3. The Labute approximate surface area is 84.9 Å². The highest BCUT2D eigenvalue weighted by atomic mass is 79.9. The van der Waals surface area contributed by atoms with E-state index in [1.54, 1.807) is 0 Å². The van der Waals surface area contributed by atoms with Gasteiger partial charge in [-0.2, -0.15) is 0 Å². The molecule has 0 aliphatic carbocycles. The highest BCUT2D eigenvalue weighted by molar-refractivity contribution is 9.22. The molecule has 0 unspecified atom stereocenters. The highest BCUT2D eigenvalue weighted by Crippen LogP contribution is 2.15. The third-order valence-corrected chi connectivity index (χ3v) is 5.09. The second-order valence-electron chi connectivity index (χ2n) is 2.20. The minimum Gasteiger partial charge on any atom is -0.211 e. The second-order valence-corrected chi connectivity index (χ2v) is 7.44. The molecule has 3 nitrogen and oxygen atoms in total.